The number of rotatable bonds is 5. The molecule has 4 nitrogen and oxygen atoms in total. The van der Waals surface area contributed by atoms with E-state index >= 15 is 0 Å². The van der Waals surface area contributed by atoms with Gasteiger partial charge in [-0.2, -0.15) is 0 Å². The van der Waals surface area contributed by atoms with E-state index in [0.29, 0.717) is 6.54 Å². The van der Waals surface area contributed by atoms with E-state index in [9.17, 15) is 0 Å². The molecular weight excluding hydrogens is 202 g/mol. The Hall–Kier alpha value is -0.160. The van der Waals surface area contributed by atoms with Gasteiger partial charge in [-0.3, -0.25) is 9.80 Å². The summed E-state index contributed by atoms with van der Waals surface area (Å²) in [5.41, 5.74) is 5.96. The molecule has 0 aromatic rings. The number of ether oxygens (including phenoxy) is 1. The van der Waals surface area contributed by atoms with E-state index < -0.39 is 0 Å². The Morgan fingerprint density at radius 1 is 1.38 bits per heavy atom. The molecule has 96 valence electrons. The number of piperazine rings is 1. The molecule has 0 spiro atoms. The zero-order valence-corrected chi connectivity index (χ0v) is 11.2. The van der Waals surface area contributed by atoms with Crippen molar-refractivity contribution in [2.45, 2.75) is 32.4 Å². The average Bonchev–Trinajstić information content (AvgIpc) is 2.22. The molecule has 1 aliphatic rings. The Kier molecular flexibility index (Phi) is 5.18. The molecule has 0 amide bonds. The summed E-state index contributed by atoms with van der Waals surface area (Å²) in [7, 11) is 2.19. The van der Waals surface area contributed by atoms with Crippen LogP contribution in [0.3, 0.4) is 0 Å². The molecule has 1 fully saturated rings. The highest BCUT2D eigenvalue weighted by Crippen LogP contribution is 2.18. The Labute approximate surface area is 99.7 Å². The molecule has 0 saturated carbocycles. The zero-order chi connectivity index (χ0) is 12.2. The number of likely N-dealkylation sites (N-methyl/N-ethyl adjacent to an activating group) is 1. The van der Waals surface area contributed by atoms with Gasteiger partial charge in [-0.15, -0.1) is 0 Å². The minimum Gasteiger partial charge on any atom is -0.376 e. The van der Waals surface area contributed by atoms with Gasteiger partial charge in [0, 0.05) is 44.9 Å². The van der Waals surface area contributed by atoms with E-state index in [0.717, 1.165) is 32.8 Å². The van der Waals surface area contributed by atoms with Crippen molar-refractivity contribution >= 4 is 0 Å². The van der Waals surface area contributed by atoms with Crippen molar-refractivity contribution in [2.24, 2.45) is 5.73 Å². The van der Waals surface area contributed by atoms with Gasteiger partial charge < -0.3 is 10.5 Å². The van der Waals surface area contributed by atoms with Crippen LogP contribution in [0.15, 0.2) is 0 Å². The molecule has 2 N–H and O–H groups in total. The van der Waals surface area contributed by atoms with Crippen molar-refractivity contribution < 1.29 is 4.74 Å². The Balaban J connectivity index is 2.43. The monoisotopic (exact) mass is 229 g/mol. The molecule has 0 aromatic carbocycles. The second-order valence-electron chi connectivity index (χ2n) is 5.28. The lowest BCUT2D eigenvalue weighted by molar-refractivity contribution is -0.00657. The first-order valence-electron chi connectivity index (χ1n) is 6.25. The predicted octanol–water partition coefficient (Wildman–Crippen LogP) is 0.376. The van der Waals surface area contributed by atoms with Gasteiger partial charge in [-0.1, -0.05) is 0 Å². The van der Waals surface area contributed by atoms with Gasteiger partial charge in [0.25, 0.3) is 0 Å². The molecule has 0 bridgehead atoms. The van der Waals surface area contributed by atoms with Crippen molar-refractivity contribution in [3.05, 3.63) is 0 Å². The highest BCUT2D eigenvalue weighted by molar-refractivity contribution is 4.89. The third-order valence-electron chi connectivity index (χ3n) is 3.52. The molecule has 0 aliphatic carbocycles. The smallest absolute Gasteiger partial charge is 0.0823 e. The molecule has 1 atom stereocenters. The van der Waals surface area contributed by atoms with Crippen LogP contribution in [0.5, 0.6) is 0 Å². The van der Waals surface area contributed by atoms with Crippen LogP contribution in [0.1, 0.15) is 20.8 Å². The lowest BCUT2D eigenvalue weighted by atomic mass is 9.99. The summed E-state index contributed by atoms with van der Waals surface area (Å²) in [6.45, 7) is 12.2. The highest BCUT2D eigenvalue weighted by atomic mass is 16.5. The summed E-state index contributed by atoms with van der Waals surface area (Å²) in [6, 6.07) is 0. The maximum atomic E-state index is 5.71. The number of nitrogens with zero attached hydrogens (tertiary/aromatic N) is 2. The van der Waals surface area contributed by atoms with E-state index in [-0.39, 0.29) is 11.6 Å². The van der Waals surface area contributed by atoms with E-state index in [1.807, 2.05) is 6.92 Å². The number of nitrogens with two attached hydrogens (primary N) is 1. The normalized spacial score (nSPS) is 24.6. The summed E-state index contributed by atoms with van der Waals surface area (Å²) in [5, 5.41) is 0. The van der Waals surface area contributed by atoms with E-state index in [1.54, 1.807) is 0 Å². The van der Waals surface area contributed by atoms with Crippen molar-refractivity contribution in [3.8, 4) is 0 Å². The standard InChI is InChI=1S/C12H27N3O/c1-5-16-11(8-13)9-15-7-6-14(4)12(2,3)10-15/h11H,5-10,13H2,1-4H3. The van der Waals surface area contributed by atoms with Gasteiger partial charge in [-0.25, -0.2) is 0 Å². The number of hydrogen-bond donors (Lipinski definition) is 1. The fraction of sp³-hybridized carbons (Fsp3) is 1.00. The first kappa shape index (κ1) is 13.9. The van der Waals surface area contributed by atoms with Crippen LogP contribution in [0, 0.1) is 0 Å². The van der Waals surface area contributed by atoms with Gasteiger partial charge in [-0.05, 0) is 27.8 Å². The Morgan fingerprint density at radius 2 is 2.06 bits per heavy atom. The van der Waals surface area contributed by atoms with Crippen LogP contribution in [0.2, 0.25) is 0 Å². The summed E-state index contributed by atoms with van der Waals surface area (Å²) < 4.78 is 5.61. The van der Waals surface area contributed by atoms with Crippen molar-refractivity contribution in [1.82, 2.24) is 9.80 Å². The molecule has 0 radical (unpaired) electrons. The largest absolute Gasteiger partial charge is 0.376 e. The van der Waals surface area contributed by atoms with Crippen molar-refractivity contribution in [3.63, 3.8) is 0 Å². The van der Waals surface area contributed by atoms with Gasteiger partial charge in [0.15, 0.2) is 0 Å². The summed E-state index contributed by atoms with van der Waals surface area (Å²) in [6.07, 6.45) is 0.184. The van der Waals surface area contributed by atoms with Gasteiger partial charge in [0.05, 0.1) is 6.10 Å². The van der Waals surface area contributed by atoms with Crippen molar-refractivity contribution in [2.75, 3.05) is 46.4 Å². The summed E-state index contributed by atoms with van der Waals surface area (Å²) in [4.78, 5) is 4.88. The average molecular weight is 229 g/mol. The molecule has 0 aromatic heterocycles. The van der Waals surface area contributed by atoms with Crippen LogP contribution >= 0.6 is 0 Å². The SMILES string of the molecule is CCOC(CN)CN1CCN(C)C(C)(C)C1. The van der Waals surface area contributed by atoms with Crippen LogP contribution < -0.4 is 5.73 Å². The third-order valence-corrected chi connectivity index (χ3v) is 3.52. The van der Waals surface area contributed by atoms with Crippen LogP contribution in [-0.4, -0.2) is 67.8 Å². The van der Waals surface area contributed by atoms with Crippen LogP contribution in [-0.2, 0) is 4.74 Å². The minimum absolute atomic E-state index is 0.184. The van der Waals surface area contributed by atoms with Gasteiger partial charge >= 0.3 is 0 Å². The fourth-order valence-corrected chi connectivity index (χ4v) is 2.22. The van der Waals surface area contributed by atoms with Gasteiger partial charge in [0.2, 0.25) is 0 Å². The maximum Gasteiger partial charge on any atom is 0.0823 e. The molecule has 1 saturated heterocycles. The summed E-state index contributed by atoms with van der Waals surface area (Å²) in [5.74, 6) is 0. The first-order valence-corrected chi connectivity index (χ1v) is 6.25. The van der Waals surface area contributed by atoms with E-state index in [1.165, 1.54) is 0 Å². The zero-order valence-electron chi connectivity index (χ0n) is 11.2. The van der Waals surface area contributed by atoms with Crippen molar-refractivity contribution in [1.29, 1.82) is 0 Å². The highest BCUT2D eigenvalue weighted by Gasteiger charge is 2.31. The van der Waals surface area contributed by atoms with Gasteiger partial charge in [0.1, 0.15) is 0 Å². The molecular formula is C12H27N3O. The molecule has 1 aliphatic heterocycles. The van der Waals surface area contributed by atoms with Crippen LogP contribution in [0.4, 0.5) is 0 Å². The Bertz CT molecular complexity index is 208. The summed E-state index contributed by atoms with van der Waals surface area (Å²) >= 11 is 0. The molecule has 1 rings (SSSR count). The third kappa shape index (κ3) is 3.70. The molecule has 1 unspecified atom stereocenters. The predicted molar refractivity (Wildman–Crippen MR) is 67.6 cm³/mol. The maximum absolute atomic E-state index is 5.71. The molecule has 4 heteroatoms. The number of hydrogen-bond acceptors (Lipinski definition) is 4. The van der Waals surface area contributed by atoms with E-state index in [2.05, 4.69) is 30.7 Å². The van der Waals surface area contributed by atoms with Crippen LogP contribution in [0.25, 0.3) is 0 Å². The second-order valence-corrected chi connectivity index (χ2v) is 5.28. The van der Waals surface area contributed by atoms with E-state index in [4.69, 9.17) is 10.5 Å². The minimum atomic E-state index is 0.184. The molecule has 1 heterocycles. The lowest BCUT2D eigenvalue weighted by Gasteiger charge is -2.46. The second kappa shape index (κ2) is 5.96. The first-order chi connectivity index (χ1) is 7.49. The quantitative estimate of drug-likeness (QED) is 0.740. The Morgan fingerprint density at radius 3 is 2.56 bits per heavy atom. The lowest BCUT2D eigenvalue weighted by Crippen LogP contribution is -2.59. The fourth-order valence-electron chi connectivity index (χ4n) is 2.22. The topological polar surface area (TPSA) is 41.7 Å². The molecule has 16 heavy (non-hydrogen) atoms.